The van der Waals surface area contributed by atoms with Gasteiger partial charge in [0.2, 0.25) is 5.91 Å². The van der Waals surface area contributed by atoms with Crippen molar-refractivity contribution in [2.75, 3.05) is 0 Å². The average molecular weight is 153 g/mol. The van der Waals surface area contributed by atoms with E-state index in [9.17, 15) is 9.59 Å². The number of rotatable bonds is 0. The van der Waals surface area contributed by atoms with Gasteiger partial charge in [0.1, 0.15) is 5.78 Å². The fourth-order valence-corrected chi connectivity index (χ4v) is 1.95. The van der Waals surface area contributed by atoms with Crippen molar-refractivity contribution in [3.8, 4) is 0 Å². The summed E-state index contributed by atoms with van der Waals surface area (Å²) in [7, 11) is 0. The lowest BCUT2D eigenvalue weighted by molar-refractivity contribution is -0.135. The quantitative estimate of drug-likeness (QED) is 0.542. The molecule has 1 heterocycles. The molecule has 2 rings (SSSR count). The average Bonchev–Trinajstić information content (AvgIpc) is 1.97. The van der Waals surface area contributed by atoms with Gasteiger partial charge in [-0.1, -0.05) is 0 Å². The number of hydrogen-bond acceptors (Lipinski definition) is 2. The highest BCUT2D eigenvalue weighted by atomic mass is 16.2. The van der Waals surface area contributed by atoms with Crippen LogP contribution in [0, 0.1) is 5.92 Å². The Morgan fingerprint density at radius 2 is 2.18 bits per heavy atom. The Morgan fingerprint density at radius 3 is 3.00 bits per heavy atom. The van der Waals surface area contributed by atoms with Crippen LogP contribution in [0.15, 0.2) is 0 Å². The Labute approximate surface area is 65.2 Å². The second-order valence-electron chi connectivity index (χ2n) is 3.41. The second-order valence-corrected chi connectivity index (χ2v) is 3.41. The van der Waals surface area contributed by atoms with E-state index in [0.29, 0.717) is 18.9 Å². The molecule has 1 aliphatic carbocycles. The Bertz CT molecular complexity index is 212. The Balaban J connectivity index is 2.14. The first-order valence-electron chi connectivity index (χ1n) is 4.08. The fourth-order valence-electron chi connectivity index (χ4n) is 1.95. The van der Waals surface area contributed by atoms with Crippen LogP contribution in [0.2, 0.25) is 0 Å². The predicted molar refractivity (Wildman–Crippen MR) is 38.9 cm³/mol. The van der Waals surface area contributed by atoms with Gasteiger partial charge in [0.05, 0.1) is 0 Å². The van der Waals surface area contributed by atoms with Gasteiger partial charge in [0.15, 0.2) is 0 Å². The van der Waals surface area contributed by atoms with Gasteiger partial charge in [-0.2, -0.15) is 0 Å². The molecule has 2 bridgehead atoms. The largest absolute Gasteiger partial charge is 0.353 e. The Kier molecular flexibility index (Phi) is 1.44. The molecule has 2 aliphatic rings. The number of ketones is 1. The van der Waals surface area contributed by atoms with Crippen LogP contribution in [0.3, 0.4) is 0 Å². The first-order valence-corrected chi connectivity index (χ1v) is 4.08. The minimum absolute atomic E-state index is 0.0440. The lowest BCUT2D eigenvalue weighted by Gasteiger charge is -2.33. The molecule has 1 saturated heterocycles. The molecule has 0 spiro atoms. The topological polar surface area (TPSA) is 46.2 Å². The van der Waals surface area contributed by atoms with Crippen molar-refractivity contribution >= 4 is 11.7 Å². The molecule has 0 aromatic carbocycles. The highest BCUT2D eigenvalue weighted by Crippen LogP contribution is 2.27. The van der Waals surface area contributed by atoms with Crippen molar-refractivity contribution in [2.24, 2.45) is 5.92 Å². The van der Waals surface area contributed by atoms with Crippen LogP contribution in [0.5, 0.6) is 0 Å². The van der Waals surface area contributed by atoms with Crippen LogP contribution in [-0.4, -0.2) is 17.7 Å². The van der Waals surface area contributed by atoms with Crippen molar-refractivity contribution in [2.45, 2.75) is 31.7 Å². The SMILES string of the molecule is O=C1C[C@H]2C[C@H](CCC2=O)N1. The molecule has 1 amide bonds. The van der Waals surface area contributed by atoms with E-state index < -0.39 is 0 Å². The van der Waals surface area contributed by atoms with Crippen LogP contribution in [0.25, 0.3) is 0 Å². The number of nitrogens with one attached hydrogen (secondary N) is 1. The molecule has 3 nitrogen and oxygen atoms in total. The van der Waals surface area contributed by atoms with Crippen molar-refractivity contribution < 1.29 is 9.59 Å². The summed E-state index contributed by atoms with van der Waals surface area (Å²) in [5, 5.41) is 2.88. The van der Waals surface area contributed by atoms with Gasteiger partial charge in [-0.15, -0.1) is 0 Å². The molecule has 0 aromatic rings. The third-order valence-electron chi connectivity index (χ3n) is 2.56. The number of amides is 1. The molecule has 1 aliphatic heterocycles. The highest BCUT2D eigenvalue weighted by molar-refractivity contribution is 5.89. The van der Waals surface area contributed by atoms with Crippen LogP contribution < -0.4 is 5.32 Å². The number of piperidine rings is 1. The highest BCUT2D eigenvalue weighted by Gasteiger charge is 2.34. The van der Waals surface area contributed by atoms with Gasteiger partial charge in [-0.3, -0.25) is 9.59 Å². The molecule has 0 aromatic heterocycles. The maximum absolute atomic E-state index is 11.2. The minimum Gasteiger partial charge on any atom is -0.353 e. The lowest BCUT2D eigenvalue weighted by Crippen LogP contribution is -2.47. The number of fused-ring (bicyclic) bond motifs is 2. The Morgan fingerprint density at radius 1 is 1.36 bits per heavy atom. The van der Waals surface area contributed by atoms with Gasteiger partial charge >= 0.3 is 0 Å². The van der Waals surface area contributed by atoms with Crippen LogP contribution in [0.1, 0.15) is 25.7 Å². The molecule has 0 unspecified atom stereocenters. The number of hydrogen-bond donors (Lipinski definition) is 1. The lowest BCUT2D eigenvalue weighted by atomic mass is 9.80. The van der Waals surface area contributed by atoms with E-state index in [1.807, 2.05) is 0 Å². The van der Waals surface area contributed by atoms with E-state index in [2.05, 4.69) is 5.32 Å². The molecule has 1 N–H and O–H groups in total. The zero-order valence-corrected chi connectivity index (χ0v) is 6.30. The van der Waals surface area contributed by atoms with Crippen LogP contribution in [-0.2, 0) is 9.59 Å². The molecule has 11 heavy (non-hydrogen) atoms. The first-order chi connectivity index (χ1) is 5.25. The minimum atomic E-state index is 0.0440. The number of Topliss-reactive ketones (excluding diaryl/α,β-unsaturated/α-hetero) is 1. The summed E-state index contributed by atoms with van der Waals surface area (Å²) < 4.78 is 0. The summed E-state index contributed by atoms with van der Waals surface area (Å²) in [6, 6.07) is 0.291. The predicted octanol–water partition coefficient (Wildman–Crippen LogP) is 0.244. The maximum Gasteiger partial charge on any atom is 0.220 e. The molecular weight excluding hydrogens is 142 g/mol. The van der Waals surface area contributed by atoms with E-state index in [4.69, 9.17) is 0 Å². The van der Waals surface area contributed by atoms with Gasteiger partial charge in [0, 0.05) is 24.8 Å². The van der Waals surface area contributed by atoms with Gasteiger partial charge in [-0.05, 0) is 12.8 Å². The van der Waals surface area contributed by atoms with Gasteiger partial charge in [0.25, 0.3) is 0 Å². The summed E-state index contributed by atoms with van der Waals surface area (Å²) in [6.45, 7) is 0. The van der Waals surface area contributed by atoms with Gasteiger partial charge in [-0.25, -0.2) is 0 Å². The van der Waals surface area contributed by atoms with Gasteiger partial charge < -0.3 is 5.32 Å². The monoisotopic (exact) mass is 153 g/mol. The zero-order chi connectivity index (χ0) is 7.84. The summed E-state index contributed by atoms with van der Waals surface area (Å²) in [5.41, 5.74) is 0. The third kappa shape index (κ3) is 1.15. The van der Waals surface area contributed by atoms with E-state index >= 15 is 0 Å². The zero-order valence-electron chi connectivity index (χ0n) is 6.30. The van der Waals surface area contributed by atoms with E-state index in [-0.39, 0.29) is 17.6 Å². The van der Waals surface area contributed by atoms with Crippen molar-refractivity contribution in [1.29, 1.82) is 0 Å². The smallest absolute Gasteiger partial charge is 0.220 e. The number of carbonyl (C=O) groups excluding carboxylic acids is 2. The van der Waals surface area contributed by atoms with Crippen LogP contribution >= 0.6 is 0 Å². The van der Waals surface area contributed by atoms with E-state index in [0.717, 1.165) is 12.8 Å². The summed E-state index contributed by atoms with van der Waals surface area (Å²) in [6.07, 6.45) is 2.82. The van der Waals surface area contributed by atoms with Crippen molar-refractivity contribution in [3.05, 3.63) is 0 Å². The summed E-state index contributed by atoms with van der Waals surface area (Å²) >= 11 is 0. The van der Waals surface area contributed by atoms with E-state index in [1.165, 1.54) is 0 Å². The number of carbonyl (C=O) groups is 2. The fraction of sp³-hybridized carbons (Fsp3) is 0.750. The molecule has 2 atom stereocenters. The summed E-state index contributed by atoms with van der Waals surface area (Å²) in [5.74, 6) is 0.387. The third-order valence-corrected chi connectivity index (χ3v) is 2.56. The molecule has 60 valence electrons. The summed E-state index contributed by atoms with van der Waals surface area (Å²) in [4.78, 5) is 22.1. The molecular formula is C8H11NO2. The van der Waals surface area contributed by atoms with Crippen LogP contribution in [0.4, 0.5) is 0 Å². The molecule has 0 radical (unpaired) electrons. The first kappa shape index (κ1) is 6.83. The Hall–Kier alpha value is -0.860. The normalized spacial score (nSPS) is 36.7. The van der Waals surface area contributed by atoms with E-state index in [1.54, 1.807) is 0 Å². The standard InChI is InChI=1S/C8H11NO2/c10-7-2-1-6-3-5(7)4-8(11)9-6/h5-6H,1-4H2,(H,9,11)/t5-,6+/m1/s1. The van der Waals surface area contributed by atoms with Crippen molar-refractivity contribution in [3.63, 3.8) is 0 Å². The second kappa shape index (κ2) is 2.32. The molecule has 2 fully saturated rings. The van der Waals surface area contributed by atoms with Crippen molar-refractivity contribution in [1.82, 2.24) is 5.32 Å². The molecule has 3 heteroatoms. The molecule has 1 saturated carbocycles. The maximum atomic E-state index is 11.2.